The highest BCUT2D eigenvalue weighted by molar-refractivity contribution is 4.79. The van der Waals surface area contributed by atoms with Gasteiger partial charge in [0.2, 0.25) is 0 Å². The van der Waals surface area contributed by atoms with Crippen LogP contribution in [0.15, 0.2) is 36.9 Å². The minimum Gasteiger partial charge on any atom is -0.273 e. The summed E-state index contributed by atoms with van der Waals surface area (Å²) in [6, 6.07) is 4.00. The van der Waals surface area contributed by atoms with Crippen LogP contribution in [0, 0.1) is 5.92 Å². The van der Waals surface area contributed by atoms with Crippen LogP contribution in [0.5, 0.6) is 0 Å². The predicted octanol–water partition coefficient (Wildman–Crippen LogP) is 3.76. The van der Waals surface area contributed by atoms with E-state index in [0.29, 0.717) is 0 Å². The number of unbranched alkanes of at least 4 members (excludes halogenated alkanes) is 2. The lowest BCUT2D eigenvalue weighted by Gasteiger charge is -2.16. The molecular formula is C16H26N4. The molecule has 1 unspecified atom stereocenters. The summed E-state index contributed by atoms with van der Waals surface area (Å²) >= 11 is 0. The number of hydrogen-bond acceptors (Lipinski definition) is 2. The predicted molar refractivity (Wildman–Crippen MR) is 81.3 cm³/mol. The van der Waals surface area contributed by atoms with E-state index in [1.165, 1.54) is 38.5 Å². The third-order valence-electron chi connectivity index (χ3n) is 3.78. The van der Waals surface area contributed by atoms with Crippen LogP contribution in [0.25, 0.3) is 0 Å². The van der Waals surface area contributed by atoms with Crippen molar-refractivity contribution in [1.29, 1.82) is 0 Å². The molecule has 0 aromatic carbocycles. The van der Waals surface area contributed by atoms with Crippen LogP contribution in [-0.4, -0.2) is 19.6 Å². The maximum Gasteiger partial charge on any atom is 0.0489 e. The molecular weight excluding hydrogens is 248 g/mol. The first kappa shape index (κ1) is 14.8. The number of aromatic nitrogens is 4. The highest BCUT2D eigenvalue weighted by atomic mass is 15.3. The lowest BCUT2D eigenvalue weighted by atomic mass is 9.96. The zero-order chi connectivity index (χ0) is 14.0. The fraction of sp³-hybridized carbons (Fsp3) is 0.625. The summed E-state index contributed by atoms with van der Waals surface area (Å²) in [6.45, 7) is 4.37. The van der Waals surface area contributed by atoms with Gasteiger partial charge in [0.15, 0.2) is 0 Å². The third kappa shape index (κ3) is 5.19. The van der Waals surface area contributed by atoms with Crippen LogP contribution in [0.3, 0.4) is 0 Å². The molecule has 4 heteroatoms. The second-order valence-electron chi connectivity index (χ2n) is 5.50. The fourth-order valence-electron chi connectivity index (χ4n) is 2.63. The van der Waals surface area contributed by atoms with Crippen molar-refractivity contribution >= 4 is 0 Å². The standard InChI is InChI=1S/C16H26N4/c1-2-3-8-16(15-20-14-7-11-18-20)9-4-5-12-19-13-6-10-17-19/h6-7,10-11,13-14,16H,2-5,8-9,12,15H2,1H3. The summed E-state index contributed by atoms with van der Waals surface area (Å²) in [5.74, 6) is 0.757. The van der Waals surface area contributed by atoms with Crippen LogP contribution in [0.2, 0.25) is 0 Å². The van der Waals surface area contributed by atoms with Gasteiger partial charge < -0.3 is 0 Å². The summed E-state index contributed by atoms with van der Waals surface area (Å²) in [4.78, 5) is 0. The van der Waals surface area contributed by atoms with Gasteiger partial charge in [-0.25, -0.2) is 0 Å². The minimum absolute atomic E-state index is 0.757. The van der Waals surface area contributed by atoms with Crippen LogP contribution in [-0.2, 0) is 13.1 Å². The Labute approximate surface area is 121 Å². The van der Waals surface area contributed by atoms with E-state index in [2.05, 4.69) is 28.0 Å². The number of rotatable bonds is 10. The van der Waals surface area contributed by atoms with Gasteiger partial charge in [0.1, 0.15) is 0 Å². The van der Waals surface area contributed by atoms with Crippen molar-refractivity contribution in [2.24, 2.45) is 5.92 Å². The van der Waals surface area contributed by atoms with E-state index in [4.69, 9.17) is 0 Å². The van der Waals surface area contributed by atoms with E-state index in [0.717, 1.165) is 19.0 Å². The maximum atomic E-state index is 4.34. The molecule has 2 heterocycles. The molecule has 0 fully saturated rings. The molecule has 0 spiro atoms. The molecule has 20 heavy (non-hydrogen) atoms. The average molecular weight is 274 g/mol. The largest absolute Gasteiger partial charge is 0.273 e. The van der Waals surface area contributed by atoms with Gasteiger partial charge in [0.05, 0.1) is 0 Å². The molecule has 0 amide bonds. The molecule has 2 aromatic heterocycles. The average Bonchev–Trinajstić information content (AvgIpc) is 3.13. The van der Waals surface area contributed by atoms with E-state index in [1.807, 2.05) is 35.4 Å². The van der Waals surface area contributed by atoms with Crippen molar-refractivity contribution < 1.29 is 0 Å². The Kier molecular flexibility index (Phi) is 6.35. The molecule has 0 saturated carbocycles. The lowest BCUT2D eigenvalue weighted by Crippen LogP contribution is -2.12. The summed E-state index contributed by atoms with van der Waals surface area (Å²) in [5.41, 5.74) is 0. The Morgan fingerprint density at radius 2 is 1.60 bits per heavy atom. The molecule has 0 N–H and O–H groups in total. The molecule has 4 nitrogen and oxygen atoms in total. The van der Waals surface area contributed by atoms with Gasteiger partial charge in [-0.1, -0.05) is 26.2 Å². The van der Waals surface area contributed by atoms with E-state index in [1.54, 1.807) is 0 Å². The van der Waals surface area contributed by atoms with Gasteiger partial charge in [-0.05, 0) is 37.3 Å². The zero-order valence-corrected chi connectivity index (χ0v) is 12.5. The smallest absolute Gasteiger partial charge is 0.0489 e. The van der Waals surface area contributed by atoms with Crippen molar-refractivity contribution in [3.05, 3.63) is 36.9 Å². The monoisotopic (exact) mass is 274 g/mol. The Hall–Kier alpha value is -1.58. The summed E-state index contributed by atoms with van der Waals surface area (Å²) < 4.78 is 4.10. The van der Waals surface area contributed by atoms with E-state index in [-0.39, 0.29) is 0 Å². The molecule has 0 aliphatic carbocycles. The fourth-order valence-corrected chi connectivity index (χ4v) is 2.63. The van der Waals surface area contributed by atoms with Crippen molar-refractivity contribution in [2.45, 2.75) is 58.5 Å². The van der Waals surface area contributed by atoms with Crippen molar-refractivity contribution in [3.63, 3.8) is 0 Å². The van der Waals surface area contributed by atoms with Crippen molar-refractivity contribution in [1.82, 2.24) is 19.6 Å². The molecule has 0 saturated heterocycles. The van der Waals surface area contributed by atoms with Gasteiger partial charge >= 0.3 is 0 Å². The highest BCUT2D eigenvalue weighted by Crippen LogP contribution is 2.18. The summed E-state index contributed by atoms with van der Waals surface area (Å²) in [7, 11) is 0. The lowest BCUT2D eigenvalue weighted by molar-refractivity contribution is 0.344. The summed E-state index contributed by atoms with van der Waals surface area (Å²) in [6.07, 6.45) is 15.5. The van der Waals surface area contributed by atoms with E-state index >= 15 is 0 Å². The molecule has 110 valence electrons. The number of nitrogens with zero attached hydrogens (tertiary/aromatic N) is 4. The van der Waals surface area contributed by atoms with E-state index in [9.17, 15) is 0 Å². The quantitative estimate of drug-likeness (QED) is 0.618. The van der Waals surface area contributed by atoms with Crippen LogP contribution >= 0.6 is 0 Å². The topological polar surface area (TPSA) is 35.6 Å². The van der Waals surface area contributed by atoms with Gasteiger partial charge in [-0.15, -0.1) is 0 Å². The molecule has 1 atom stereocenters. The van der Waals surface area contributed by atoms with Gasteiger partial charge in [-0.3, -0.25) is 9.36 Å². The molecule has 2 rings (SSSR count). The molecule has 0 radical (unpaired) electrons. The Morgan fingerprint density at radius 1 is 0.900 bits per heavy atom. The molecule has 0 aliphatic rings. The third-order valence-corrected chi connectivity index (χ3v) is 3.78. The Morgan fingerprint density at radius 3 is 2.25 bits per heavy atom. The van der Waals surface area contributed by atoms with Crippen LogP contribution in [0.1, 0.15) is 45.4 Å². The first-order chi connectivity index (χ1) is 9.88. The van der Waals surface area contributed by atoms with Gasteiger partial charge in [0, 0.05) is 37.9 Å². The Balaban J connectivity index is 1.69. The molecule has 2 aromatic rings. The normalized spacial score (nSPS) is 12.7. The second kappa shape index (κ2) is 8.56. The van der Waals surface area contributed by atoms with E-state index < -0.39 is 0 Å². The minimum atomic E-state index is 0.757. The number of aryl methyl sites for hydroxylation is 1. The van der Waals surface area contributed by atoms with Crippen LogP contribution < -0.4 is 0 Å². The molecule has 0 aliphatic heterocycles. The SMILES string of the molecule is CCCCC(CCCCn1cccn1)Cn1cccn1. The maximum absolute atomic E-state index is 4.34. The molecule has 0 bridgehead atoms. The first-order valence-corrected chi connectivity index (χ1v) is 7.83. The highest BCUT2D eigenvalue weighted by Gasteiger charge is 2.09. The van der Waals surface area contributed by atoms with Crippen molar-refractivity contribution in [3.8, 4) is 0 Å². The summed E-state index contributed by atoms with van der Waals surface area (Å²) in [5, 5.41) is 8.58. The van der Waals surface area contributed by atoms with Gasteiger partial charge in [0.25, 0.3) is 0 Å². The Bertz CT molecular complexity index is 433. The van der Waals surface area contributed by atoms with Gasteiger partial charge in [-0.2, -0.15) is 10.2 Å². The second-order valence-corrected chi connectivity index (χ2v) is 5.50. The van der Waals surface area contributed by atoms with Crippen molar-refractivity contribution in [2.75, 3.05) is 0 Å². The number of hydrogen-bond donors (Lipinski definition) is 0. The first-order valence-electron chi connectivity index (χ1n) is 7.83. The zero-order valence-electron chi connectivity index (χ0n) is 12.5. The van der Waals surface area contributed by atoms with Crippen LogP contribution in [0.4, 0.5) is 0 Å².